The van der Waals surface area contributed by atoms with Gasteiger partial charge in [-0.05, 0) is 110 Å². The van der Waals surface area contributed by atoms with Gasteiger partial charge in [0.15, 0.2) is 16.6 Å². The Kier molecular flexibility index (Phi) is 9.34. The maximum atomic E-state index is 10.5. The van der Waals surface area contributed by atoms with Crippen molar-refractivity contribution in [1.29, 1.82) is 0 Å². The zero-order valence-electron chi connectivity index (χ0n) is 27.0. The van der Waals surface area contributed by atoms with Crippen LogP contribution in [0, 0.1) is 17.3 Å². The lowest BCUT2D eigenvalue weighted by molar-refractivity contribution is 0.0302. The number of aliphatic hydroxyl groups is 1. The first-order valence-electron chi connectivity index (χ1n) is 15.3. The van der Waals surface area contributed by atoms with E-state index in [1.54, 1.807) is 5.57 Å². The molecule has 0 aromatic rings. The molecule has 1 N–H and O–H groups in total. The molecule has 3 aliphatic rings. The van der Waals surface area contributed by atoms with Gasteiger partial charge in [0.05, 0.1) is 18.3 Å². The Labute approximate surface area is 237 Å². The molecule has 0 heterocycles. The number of allylic oxidation sites excluding steroid dienone is 3. The number of rotatable bonds is 6. The molecule has 0 bridgehead atoms. The summed E-state index contributed by atoms with van der Waals surface area (Å²) in [7, 11) is -3.87. The minimum absolute atomic E-state index is 0.0202. The fourth-order valence-corrected chi connectivity index (χ4v) is 9.51. The molecule has 0 aromatic carbocycles. The summed E-state index contributed by atoms with van der Waals surface area (Å²) in [6, 6.07) is 0. The molecule has 3 nitrogen and oxygen atoms in total. The van der Waals surface area contributed by atoms with E-state index in [9.17, 15) is 5.11 Å². The van der Waals surface area contributed by atoms with Gasteiger partial charge in [0.25, 0.3) is 0 Å². The minimum Gasteiger partial charge on any atom is -0.413 e. The maximum absolute atomic E-state index is 10.5. The van der Waals surface area contributed by atoms with Crippen molar-refractivity contribution < 1.29 is 14.0 Å². The van der Waals surface area contributed by atoms with E-state index >= 15 is 0 Å². The van der Waals surface area contributed by atoms with Crippen molar-refractivity contribution in [2.24, 2.45) is 17.3 Å². The van der Waals surface area contributed by atoms with Crippen molar-refractivity contribution in [2.45, 2.75) is 155 Å². The number of hydrogen-bond acceptors (Lipinski definition) is 3. The van der Waals surface area contributed by atoms with Crippen LogP contribution in [-0.4, -0.2) is 40.1 Å². The van der Waals surface area contributed by atoms with Crippen molar-refractivity contribution in [3.63, 3.8) is 0 Å². The van der Waals surface area contributed by atoms with Gasteiger partial charge in [0, 0.05) is 6.42 Å². The van der Waals surface area contributed by atoms with Crippen LogP contribution in [0.3, 0.4) is 0 Å². The standard InChI is InChI=1S/C33H60O3Si2/c1-23-26(17-16-25-15-14-20-33(9)28(24(2)34)18-19-29(25)33)21-27(35-37(10,11)31(3,4)5)22-30(23)36-38(12,13)32(6,7)8/h16-17,24,27-30,34H,1,14-15,18-22H2,2-13H3/b25-16+,26-17-/t24-,27-,28-,29+,30+,33-/m1/s1. The van der Waals surface area contributed by atoms with E-state index in [0.29, 0.717) is 11.8 Å². The lowest BCUT2D eigenvalue weighted by atomic mass is 9.62. The highest BCUT2D eigenvalue weighted by molar-refractivity contribution is 6.74. The van der Waals surface area contributed by atoms with E-state index in [0.717, 1.165) is 24.8 Å². The van der Waals surface area contributed by atoms with Gasteiger partial charge >= 0.3 is 0 Å². The summed E-state index contributed by atoms with van der Waals surface area (Å²) in [6.45, 7) is 32.4. The fraction of sp³-hybridized carbons (Fsp3) is 0.818. The average Bonchev–Trinajstić information content (AvgIpc) is 3.10. The summed E-state index contributed by atoms with van der Waals surface area (Å²) < 4.78 is 14.0. The Morgan fingerprint density at radius 1 is 0.974 bits per heavy atom. The predicted octanol–water partition coefficient (Wildman–Crippen LogP) is 9.57. The second-order valence-corrected chi connectivity index (χ2v) is 25.6. The largest absolute Gasteiger partial charge is 0.413 e. The number of fused-ring (bicyclic) bond motifs is 1. The van der Waals surface area contributed by atoms with Gasteiger partial charge in [0.1, 0.15) is 0 Å². The van der Waals surface area contributed by atoms with E-state index in [1.807, 2.05) is 6.92 Å². The SMILES string of the molecule is C=C1/C(=C\C=C2/CCC[C@]3(C)[C@@H]([C@@H](C)O)CC[C@@H]23)C[C@@H](O[Si](C)(C)C(C)(C)C)C[C@@H]1O[Si](C)(C)C(C)(C)C. The molecule has 3 saturated carbocycles. The highest BCUT2D eigenvalue weighted by atomic mass is 28.4. The molecule has 6 atom stereocenters. The summed E-state index contributed by atoms with van der Waals surface area (Å²) >= 11 is 0. The van der Waals surface area contributed by atoms with E-state index in [1.165, 1.54) is 31.3 Å². The fourth-order valence-electron chi connectivity index (χ4n) is 6.84. The van der Waals surface area contributed by atoms with Crippen LogP contribution in [-0.2, 0) is 8.85 Å². The van der Waals surface area contributed by atoms with Crippen LogP contribution in [0.15, 0.2) is 35.5 Å². The quantitative estimate of drug-likeness (QED) is 0.329. The van der Waals surface area contributed by atoms with Crippen molar-refractivity contribution >= 4 is 16.6 Å². The third-order valence-corrected chi connectivity index (χ3v) is 20.4. The molecule has 3 fully saturated rings. The molecule has 0 saturated heterocycles. The molecule has 38 heavy (non-hydrogen) atoms. The first-order chi connectivity index (χ1) is 17.2. The van der Waals surface area contributed by atoms with Crippen molar-refractivity contribution in [3.05, 3.63) is 35.5 Å². The van der Waals surface area contributed by atoms with Crippen molar-refractivity contribution in [1.82, 2.24) is 0 Å². The normalized spacial score (nSPS) is 34.6. The van der Waals surface area contributed by atoms with Crippen LogP contribution < -0.4 is 0 Å². The molecule has 5 heteroatoms. The summed E-state index contributed by atoms with van der Waals surface area (Å²) in [5.74, 6) is 1.00. The van der Waals surface area contributed by atoms with Gasteiger partial charge in [-0.15, -0.1) is 0 Å². The Hall–Kier alpha value is -0.466. The van der Waals surface area contributed by atoms with Gasteiger partial charge in [-0.2, -0.15) is 0 Å². The zero-order valence-corrected chi connectivity index (χ0v) is 29.0. The van der Waals surface area contributed by atoms with Gasteiger partial charge in [-0.25, -0.2) is 0 Å². The predicted molar refractivity (Wildman–Crippen MR) is 169 cm³/mol. The second-order valence-electron chi connectivity index (χ2n) is 16.1. The number of hydrogen-bond donors (Lipinski definition) is 1. The lowest BCUT2D eigenvalue weighted by Gasteiger charge is -2.45. The lowest BCUT2D eigenvalue weighted by Crippen LogP contribution is -2.49. The Bertz CT molecular complexity index is 931. The first-order valence-corrected chi connectivity index (χ1v) is 21.1. The molecule has 0 aliphatic heterocycles. The van der Waals surface area contributed by atoms with Crippen LogP contribution in [0.5, 0.6) is 0 Å². The van der Waals surface area contributed by atoms with Gasteiger partial charge in [-0.1, -0.05) is 72.8 Å². The Balaban J connectivity index is 1.93. The molecule has 0 aromatic heterocycles. The summed E-state index contributed by atoms with van der Waals surface area (Å²) in [6.07, 6.45) is 12.6. The van der Waals surface area contributed by atoms with Crippen molar-refractivity contribution in [2.75, 3.05) is 0 Å². The molecule has 0 spiro atoms. The minimum atomic E-state index is -1.96. The third kappa shape index (κ3) is 6.53. The van der Waals surface area contributed by atoms with E-state index in [4.69, 9.17) is 8.85 Å². The third-order valence-electron chi connectivity index (χ3n) is 11.4. The maximum Gasteiger partial charge on any atom is 0.192 e. The molecule has 0 amide bonds. The monoisotopic (exact) mass is 560 g/mol. The Morgan fingerprint density at radius 2 is 1.55 bits per heavy atom. The van der Waals surface area contributed by atoms with Crippen LogP contribution in [0.25, 0.3) is 0 Å². The van der Waals surface area contributed by atoms with E-state index < -0.39 is 16.6 Å². The molecule has 218 valence electrons. The summed E-state index contributed by atoms with van der Waals surface area (Å²) in [5.41, 5.74) is 4.28. The van der Waals surface area contributed by atoms with Crippen LogP contribution in [0.1, 0.15) is 100 Å². The van der Waals surface area contributed by atoms with Crippen LogP contribution in [0.2, 0.25) is 36.3 Å². The van der Waals surface area contributed by atoms with Crippen molar-refractivity contribution in [3.8, 4) is 0 Å². The topological polar surface area (TPSA) is 38.7 Å². The number of aliphatic hydroxyl groups excluding tert-OH is 1. The molecule has 3 rings (SSSR count). The van der Waals surface area contributed by atoms with Gasteiger partial charge < -0.3 is 14.0 Å². The smallest absolute Gasteiger partial charge is 0.192 e. The molecule has 0 unspecified atom stereocenters. The van der Waals surface area contributed by atoms with Crippen LogP contribution >= 0.6 is 0 Å². The van der Waals surface area contributed by atoms with E-state index in [-0.39, 0.29) is 33.8 Å². The van der Waals surface area contributed by atoms with E-state index in [2.05, 4.69) is 93.4 Å². The highest BCUT2D eigenvalue weighted by Gasteiger charge is 2.50. The summed E-state index contributed by atoms with van der Waals surface area (Å²) in [4.78, 5) is 0. The summed E-state index contributed by atoms with van der Waals surface area (Å²) in [5, 5.41) is 10.8. The Morgan fingerprint density at radius 3 is 2.11 bits per heavy atom. The average molecular weight is 561 g/mol. The molecular formula is C33H60O3Si2. The first kappa shape index (κ1) is 32.1. The second kappa shape index (κ2) is 11.1. The van der Waals surface area contributed by atoms with Gasteiger partial charge in [-0.3, -0.25) is 0 Å². The zero-order chi connectivity index (χ0) is 28.9. The van der Waals surface area contributed by atoms with Gasteiger partial charge in [0.2, 0.25) is 0 Å². The van der Waals surface area contributed by atoms with Crippen LogP contribution in [0.4, 0.5) is 0 Å². The molecule has 0 radical (unpaired) electrons. The molecular weight excluding hydrogens is 501 g/mol. The highest BCUT2D eigenvalue weighted by Crippen LogP contribution is 2.58. The molecule has 3 aliphatic carbocycles.